The zero-order valence-electron chi connectivity index (χ0n) is 24.7. The number of halogens is 1. The average molecular weight is 629 g/mol. The molecule has 1 N–H and O–H groups in total. The van der Waals surface area contributed by atoms with Crippen LogP contribution in [0, 0.1) is 11.8 Å². The number of nitrogens with one attached hydrogen (secondary N) is 1. The standard InChI is InChI=1S/C33H41ClN2O6S/c1-40-15-16-41-30-7-3-2-4-17-43(38,39)35-32(37)24-9-13-31-29(19-24)36(20-25-8-11-27(25)30)21-33(22-42-31)14-5-6-23-18-26(34)10-12-28(23)33/h3,7,9-10,12-13,18-19,25,27,30H,2,4-6,8,11,14-17,20-22H2,1H3,(H,35,37)/b7-3+/t25?,27?,30-,33+/m1/s1. The maximum Gasteiger partial charge on any atom is 0.264 e. The molecule has 4 aliphatic rings. The van der Waals surface area contributed by atoms with Crippen LogP contribution in [0.25, 0.3) is 0 Å². The highest BCUT2D eigenvalue weighted by Gasteiger charge is 2.44. The molecule has 1 fully saturated rings. The summed E-state index contributed by atoms with van der Waals surface area (Å²) in [6.07, 6.45) is 10.2. The molecule has 2 unspecified atom stereocenters. The van der Waals surface area contributed by atoms with Gasteiger partial charge in [0.2, 0.25) is 10.0 Å². The maximum absolute atomic E-state index is 13.2. The molecule has 6 rings (SSSR count). The number of ether oxygens (including phenoxy) is 3. The lowest BCUT2D eigenvalue weighted by molar-refractivity contribution is -0.0309. The van der Waals surface area contributed by atoms with Crippen molar-refractivity contribution >= 4 is 33.2 Å². The van der Waals surface area contributed by atoms with Gasteiger partial charge in [0.25, 0.3) is 5.91 Å². The van der Waals surface area contributed by atoms with Crippen LogP contribution in [0.4, 0.5) is 5.69 Å². The predicted octanol–water partition coefficient (Wildman–Crippen LogP) is 5.28. The first kappa shape index (κ1) is 30.4. The summed E-state index contributed by atoms with van der Waals surface area (Å²) >= 11 is 6.41. The molecule has 0 radical (unpaired) electrons. The molecule has 10 heteroatoms. The fourth-order valence-corrected chi connectivity index (χ4v) is 8.50. The van der Waals surface area contributed by atoms with Crippen molar-refractivity contribution < 1.29 is 27.4 Å². The second-order valence-corrected chi connectivity index (χ2v) is 14.7. The first-order chi connectivity index (χ1) is 20.8. The molecule has 2 heterocycles. The van der Waals surface area contributed by atoms with Gasteiger partial charge < -0.3 is 19.1 Å². The Morgan fingerprint density at radius 2 is 2.02 bits per heavy atom. The van der Waals surface area contributed by atoms with E-state index in [0.717, 1.165) is 55.9 Å². The number of aryl methyl sites for hydroxylation is 1. The summed E-state index contributed by atoms with van der Waals surface area (Å²) in [4.78, 5) is 15.6. The van der Waals surface area contributed by atoms with E-state index in [1.54, 1.807) is 19.2 Å². The minimum Gasteiger partial charge on any atom is -0.490 e. The predicted molar refractivity (Wildman–Crippen MR) is 168 cm³/mol. The van der Waals surface area contributed by atoms with Crippen molar-refractivity contribution in [3.63, 3.8) is 0 Å². The number of carbonyl (C=O) groups excluding carboxylic acids is 1. The fourth-order valence-electron chi connectivity index (χ4n) is 7.25. The quantitative estimate of drug-likeness (QED) is 0.364. The Balaban J connectivity index is 1.39. The first-order valence-electron chi connectivity index (χ1n) is 15.4. The van der Waals surface area contributed by atoms with Gasteiger partial charge in [-0.15, -0.1) is 0 Å². The Morgan fingerprint density at radius 3 is 2.84 bits per heavy atom. The second kappa shape index (κ2) is 12.8. The Hall–Kier alpha value is -2.59. The van der Waals surface area contributed by atoms with E-state index in [1.165, 1.54) is 11.1 Å². The van der Waals surface area contributed by atoms with Gasteiger partial charge in [-0.1, -0.05) is 29.8 Å². The Bertz CT molecular complexity index is 1480. The third kappa shape index (κ3) is 6.60. The Morgan fingerprint density at radius 1 is 1.14 bits per heavy atom. The summed E-state index contributed by atoms with van der Waals surface area (Å²) in [7, 11) is -2.11. The minimum absolute atomic E-state index is 0.0707. The summed E-state index contributed by atoms with van der Waals surface area (Å²) in [5.74, 6) is 0.685. The summed E-state index contributed by atoms with van der Waals surface area (Å²) in [5, 5.41) is 0.745. The number of anilines is 1. The molecule has 0 saturated heterocycles. The van der Waals surface area contributed by atoms with Crippen LogP contribution < -0.4 is 14.4 Å². The Kier molecular flexibility index (Phi) is 9.06. The lowest BCUT2D eigenvalue weighted by atomic mass is 9.68. The molecule has 2 aromatic carbocycles. The molecule has 2 aromatic rings. The smallest absolute Gasteiger partial charge is 0.264 e. The van der Waals surface area contributed by atoms with E-state index < -0.39 is 15.9 Å². The van der Waals surface area contributed by atoms with Gasteiger partial charge >= 0.3 is 0 Å². The van der Waals surface area contributed by atoms with Crippen molar-refractivity contribution in [3.8, 4) is 5.75 Å². The lowest BCUT2D eigenvalue weighted by Crippen LogP contribution is -2.49. The van der Waals surface area contributed by atoms with Crippen molar-refractivity contribution in [2.75, 3.05) is 50.7 Å². The van der Waals surface area contributed by atoms with Gasteiger partial charge in [0.15, 0.2) is 0 Å². The Labute approximate surface area is 259 Å². The lowest BCUT2D eigenvalue weighted by Gasteiger charge is -2.46. The van der Waals surface area contributed by atoms with Crippen molar-refractivity contribution in [2.24, 2.45) is 11.8 Å². The van der Waals surface area contributed by atoms with Gasteiger partial charge in [-0.3, -0.25) is 4.79 Å². The number of benzene rings is 2. The van der Waals surface area contributed by atoms with Crippen molar-refractivity contribution in [1.29, 1.82) is 0 Å². The highest BCUT2D eigenvalue weighted by molar-refractivity contribution is 7.90. The van der Waals surface area contributed by atoms with E-state index in [4.69, 9.17) is 25.8 Å². The highest BCUT2D eigenvalue weighted by atomic mass is 35.5. The topological polar surface area (TPSA) is 94.2 Å². The summed E-state index contributed by atoms with van der Waals surface area (Å²) < 4.78 is 45.9. The molecule has 232 valence electrons. The third-order valence-electron chi connectivity index (χ3n) is 9.61. The maximum atomic E-state index is 13.2. The van der Waals surface area contributed by atoms with E-state index in [-0.39, 0.29) is 17.3 Å². The molecule has 4 atom stereocenters. The molecule has 1 amide bonds. The van der Waals surface area contributed by atoms with Crippen molar-refractivity contribution in [3.05, 3.63) is 70.3 Å². The number of rotatable bonds is 4. The summed E-state index contributed by atoms with van der Waals surface area (Å²) in [5.41, 5.74) is 3.44. The molecular formula is C33H41ClN2O6S. The molecule has 8 nitrogen and oxygen atoms in total. The normalized spacial score (nSPS) is 29.3. The van der Waals surface area contributed by atoms with Crippen LogP contribution in [0.3, 0.4) is 0 Å². The molecule has 2 aliphatic carbocycles. The second-order valence-electron chi connectivity index (χ2n) is 12.4. The van der Waals surface area contributed by atoms with Crippen molar-refractivity contribution in [1.82, 2.24) is 4.72 Å². The van der Waals surface area contributed by atoms with Gasteiger partial charge in [-0.25, -0.2) is 13.1 Å². The number of allylic oxidation sites excluding steroid dienone is 1. The molecule has 1 saturated carbocycles. The summed E-state index contributed by atoms with van der Waals surface area (Å²) in [6.45, 7) is 3.05. The molecule has 2 bridgehead atoms. The van der Waals surface area contributed by atoms with Gasteiger partial charge in [-0.2, -0.15) is 0 Å². The molecular weight excluding hydrogens is 588 g/mol. The van der Waals surface area contributed by atoms with E-state index in [2.05, 4.69) is 27.8 Å². The van der Waals surface area contributed by atoms with Gasteiger partial charge in [0.05, 0.1) is 37.4 Å². The van der Waals surface area contributed by atoms with Crippen molar-refractivity contribution in [2.45, 2.75) is 56.5 Å². The molecule has 1 spiro atoms. The number of fused-ring (bicyclic) bond motifs is 4. The van der Waals surface area contributed by atoms with Crippen LogP contribution in [0.15, 0.2) is 48.6 Å². The third-order valence-corrected chi connectivity index (χ3v) is 11.2. The van der Waals surface area contributed by atoms with E-state index >= 15 is 0 Å². The number of hydrogen-bond acceptors (Lipinski definition) is 7. The number of hydrogen-bond donors (Lipinski definition) is 1. The summed E-state index contributed by atoms with van der Waals surface area (Å²) in [6, 6.07) is 11.5. The fraction of sp³-hybridized carbons (Fsp3) is 0.545. The number of nitrogens with zero attached hydrogens (tertiary/aromatic N) is 1. The first-order valence-corrected chi connectivity index (χ1v) is 17.4. The number of methoxy groups -OCH3 is 1. The molecule has 0 aromatic heterocycles. The zero-order chi connectivity index (χ0) is 30.0. The van der Waals surface area contributed by atoms with Crippen LogP contribution in [0.1, 0.15) is 60.0 Å². The molecule has 2 aliphatic heterocycles. The average Bonchev–Trinajstić information content (AvgIpc) is 3.11. The van der Waals surface area contributed by atoms with Crippen LogP contribution in [-0.4, -0.2) is 66.2 Å². The van der Waals surface area contributed by atoms with E-state index in [0.29, 0.717) is 55.8 Å². The van der Waals surface area contributed by atoms with Crippen LogP contribution in [0.2, 0.25) is 5.02 Å². The number of carbonyl (C=O) groups is 1. The van der Waals surface area contributed by atoms with Gasteiger partial charge in [0, 0.05) is 36.2 Å². The number of sulfonamides is 1. The highest BCUT2D eigenvalue weighted by Crippen LogP contribution is 2.47. The van der Waals surface area contributed by atoms with Gasteiger partial charge in [0.1, 0.15) is 5.75 Å². The van der Waals surface area contributed by atoms with Crippen LogP contribution in [-0.2, 0) is 31.3 Å². The SMILES string of the molecule is COCCO[C@@H]1/C=C/CCCS(=O)(=O)NC(=O)c2ccc3c(c2)N(CC2CCC21)C[C@@]1(CCCc2cc(Cl)ccc21)CO3. The number of amides is 1. The zero-order valence-corrected chi connectivity index (χ0v) is 26.3. The van der Waals surface area contributed by atoms with E-state index in [9.17, 15) is 13.2 Å². The van der Waals surface area contributed by atoms with E-state index in [1.807, 2.05) is 18.2 Å². The minimum atomic E-state index is -3.79. The van der Waals surface area contributed by atoms with Crippen LogP contribution >= 0.6 is 11.6 Å². The largest absolute Gasteiger partial charge is 0.490 e. The monoisotopic (exact) mass is 628 g/mol. The van der Waals surface area contributed by atoms with Gasteiger partial charge in [-0.05, 0) is 98.2 Å². The van der Waals surface area contributed by atoms with Crippen LogP contribution in [0.5, 0.6) is 5.75 Å². The molecule has 43 heavy (non-hydrogen) atoms.